The molecule has 1 saturated carbocycles. The maximum Gasteiger partial charge on any atom is 0.0597 e. The summed E-state index contributed by atoms with van der Waals surface area (Å²) >= 11 is 6.31. The highest BCUT2D eigenvalue weighted by Gasteiger charge is 2.43. The lowest BCUT2D eigenvalue weighted by molar-refractivity contribution is 0.179. The highest BCUT2D eigenvalue weighted by Crippen LogP contribution is 2.35. The molecule has 1 aliphatic carbocycles. The van der Waals surface area contributed by atoms with Crippen LogP contribution in [0.3, 0.4) is 0 Å². The number of hydrogen-bond acceptors (Lipinski definition) is 2. The van der Waals surface area contributed by atoms with E-state index in [1.54, 1.807) is 0 Å². The molecule has 0 amide bonds. The molecule has 0 bridgehead atoms. The quantitative estimate of drug-likeness (QED) is 0.675. The molecule has 0 aromatic carbocycles. The van der Waals surface area contributed by atoms with Gasteiger partial charge in [0.15, 0.2) is 0 Å². The second kappa shape index (κ2) is 3.99. The van der Waals surface area contributed by atoms with Crippen molar-refractivity contribution < 1.29 is 0 Å². The first-order valence-electron chi connectivity index (χ1n) is 5.75. The van der Waals surface area contributed by atoms with E-state index in [1.165, 1.54) is 12.8 Å². The largest absolute Gasteiger partial charge is 0.297 e. The van der Waals surface area contributed by atoms with Crippen LogP contribution >= 0.6 is 11.6 Å². The van der Waals surface area contributed by atoms with Crippen LogP contribution in [-0.2, 0) is 0 Å². The van der Waals surface area contributed by atoms with Crippen LogP contribution in [0.1, 0.15) is 33.1 Å². The summed E-state index contributed by atoms with van der Waals surface area (Å²) in [6, 6.07) is 1.34. The molecule has 2 aliphatic rings. The second-order valence-electron chi connectivity index (χ2n) is 4.89. The zero-order chi connectivity index (χ0) is 10.3. The molecule has 2 fully saturated rings. The summed E-state index contributed by atoms with van der Waals surface area (Å²) in [7, 11) is 2.24. The van der Waals surface area contributed by atoms with Crippen molar-refractivity contribution in [1.29, 1.82) is 0 Å². The fourth-order valence-electron chi connectivity index (χ4n) is 2.96. The Labute approximate surface area is 92.0 Å². The van der Waals surface area contributed by atoms with Crippen molar-refractivity contribution in [3.63, 3.8) is 0 Å². The fraction of sp³-hybridized carbons (Fsp3) is 1.00. The normalized spacial score (nSPS) is 49.3. The lowest BCUT2D eigenvalue weighted by Crippen LogP contribution is -2.44. The number of halogens is 1. The first-order valence-corrected chi connectivity index (χ1v) is 6.19. The minimum Gasteiger partial charge on any atom is -0.297 e. The molecule has 1 N–H and O–H groups in total. The van der Waals surface area contributed by atoms with E-state index >= 15 is 0 Å². The Balaban J connectivity index is 2.06. The number of fused-ring (bicyclic) bond motifs is 1. The summed E-state index contributed by atoms with van der Waals surface area (Å²) in [5.74, 6) is 0.665. The molecule has 5 atom stereocenters. The van der Waals surface area contributed by atoms with Gasteiger partial charge in [-0.3, -0.25) is 10.2 Å². The maximum absolute atomic E-state index is 6.31. The van der Waals surface area contributed by atoms with Crippen molar-refractivity contribution in [2.24, 2.45) is 5.92 Å². The van der Waals surface area contributed by atoms with Gasteiger partial charge in [-0.15, -0.1) is 11.6 Å². The van der Waals surface area contributed by atoms with Gasteiger partial charge >= 0.3 is 0 Å². The zero-order valence-electron chi connectivity index (χ0n) is 9.33. The van der Waals surface area contributed by atoms with Gasteiger partial charge in [0.1, 0.15) is 0 Å². The van der Waals surface area contributed by atoms with Gasteiger partial charge in [-0.05, 0) is 32.2 Å². The molecule has 1 saturated heterocycles. The topological polar surface area (TPSA) is 15.3 Å². The Bertz CT molecular complexity index is 207. The standard InChI is InChI=1S/C11H21ClN2/c1-4-11-13-9-6-8(12)7(2)5-10(9)14(11)3/h7-11,13H,4-6H2,1-3H3. The van der Waals surface area contributed by atoms with E-state index in [0.29, 0.717) is 29.5 Å². The zero-order valence-corrected chi connectivity index (χ0v) is 10.1. The lowest BCUT2D eigenvalue weighted by atomic mass is 9.83. The maximum atomic E-state index is 6.31. The molecule has 3 heteroatoms. The van der Waals surface area contributed by atoms with Crippen LogP contribution in [0.25, 0.3) is 0 Å². The van der Waals surface area contributed by atoms with Gasteiger partial charge < -0.3 is 0 Å². The molecule has 82 valence electrons. The smallest absolute Gasteiger partial charge is 0.0597 e. The summed E-state index contributed by atoms with van der Waals surface area (Å²) in [5.41, 5.74) is 0. The molecule has 2 nitrogen and oxygen atoms in total. The number of nitrogens with zero attached hydrogens (tertiary/aromatic N) is 1. The Kier molecular flexibility index (Phi) is 3.06. The second-order valence-corrected chi connectivity index (χ2v) is 5.46. The molecule has 0 aromatic rings. The van der Waals surface area contributed by atoms with Crippen molar-refractivity contribution >= 4 is 11.6 Å². The van der Waals surface area contributed by atoms with Gasteiger partial charge in [0.25, 0.3) is 0 Å². The first kappa shape index (κ1) is 10.7. The van der Waals surface area contributed by atoms with Gasteiger partial charge in [0.2, 0.25) is 0 Å². The highest BCUT2D eigenvalue weighted by molar-refractivity contribution is 6.20. The third-order valence-electron chi connectivity index (χ3n) is 3.98. The van der Waals surface area contributed by atoms with Crippen molar-refractivity contribution in [1.82, 2.24) is 10.2 Å². The van der Waals surface area contributed by atoms with Crippen molar-refractivity contribution in [3.05, 3.63) is 0 Å². The molecule has 5 unspecified atom stereocenters. The molecular weight excluding hydrogens is 196 g/mol. The highest BCUT2D eigenvalue weighted by atomic mass is 35.5. The van der Waals surface area contributed by atoms with Gasteiger partial charge in [0.05, 0.1) is 6.17 Å². The Hall–Kier alpha value is 0.210. The molecule has 0 radical (unpaired) electrons. The molecule has 1 heterocycles. The van der Waals surface area contributed by atoms with Crippen molar-refractivity contribution in [2.75, 3.05) is 7.05 Å². The molecule has 0 aromatic heterocycles. The lowest BCUT2D eigenvalue weighted by Gasteiger charge is -2.35. The minimum absolute atomic E-state index is 0.368. The average molecular weight is 217 g/mol. The summed E-state index contributed by atoms with van der Waals surface area (Å²) in [5, 5.41) is 4.05. The fourth-order valence-corrected chi connectivity index (χ4v) is 3.25. The molecular formula is C11H21ClN2. The third-order valence-corrected chi connectivity index (χ3v) is 4.59. The number of likely N-dealkylation sites (N-methyl/N-ethyl adjacent to an activating group) is 1. The van der Waals surface area contributed by atoms with Crippen LogP contribution in [0, 0.1) is 5.92 Å². The van der Waals surface area contributed by atoms with Crippen LogP contribution in [0.4, 0.5) is 0 Å². The van der Waals surface area contributed by atoms with Crippen LogP contribution < -0.4 is 5.32 Å². The first-order chi connectivity index (χ1) is 6.63. The molecule has 14 heavy (non-hydrogen) atoms. The van der Waals surface area contributed by atoms with E-state index in [0.717, 1.165) is 6.42 Å². The number of nitrogens with one attached hydrogen (secondary N) is 1. The van der Waals surface area contributed by atoms with E-state index in [9.17, 15) is 0 Å². The Morgan fingerprint density at radius 2 is 2.14 bits per heavy atom. The van der Waals surface area contributed by atoms with Gasteiger partial charge in [0, 0.05) is 17.5 Å². The molecule has 2 rings (SSSR count). The Morgan fingerprint density at radius 3 is 2.79 bits per heavy atom. The molecule has 1 aliphatic heterocycles. The Morgan fingerprint density at radius 1 is 1.43 bits per heavy atom. The van der Waals surface area contributed by atoms with Crippen LogP contribution in [0.5, 0.6) is 0 Å². The SMILES string of the molecule is CCC1NC2CC(Cl)C(C)CC2N1C. The number of hydrogen-bond donors (Lipinski definition) is 1. The van der Waals surface area contributed by atoms with Crippen molar-refractivity contribution in [3.8, 4) is 0 Å². The summed E-state index contributed by atoms with van der Waals surface area (Å²) in [4.78, 5) is 2.50. The molecule has 0 spiro atoms. The van der Waals surface area contributed by atoms with E-state index in [4.69, 9.17) is 11.6 Å². The van der Waals surface area contributed by atoms with Crippen molar-refractivity contribution in [2.45, 2.75) is 56.7 Å². The van der Waals surface area contributed by atoms with E-state index in [1.807, 2.05) is 0 Å². The van der Waals surface area contributed by atoms with Crippen LogP contribution in [0.2, 0.25) is 0 Å². The van der Waals surface area contributed by atoms with Gasteiger partial charge in [-0.1, -0.05) is 13.8 Å². The number of rotatable bonds is 1. The van der Waals surface area contributed by atoms with Gasteiger partial charge in [-0.25, -0.2) is 0 Å². The third kappa shape index (κ3) is 1.68. The summed E-state index contributed by atoms with van der Waals surface area (Å²) < 4.78 is 0. The number of alkyl halides is 1. The monoisotopic (exact) mass is 216 g/mol. The summed E-state index contributed by atoms with van der Waals surface area (Å²) in [6.07, 6.45) is 4.14. The average Bonchev–Trinajstić information content (AvgIpc) is 2.45. The van der Waals surface area contributed by atoms with Gasteiger partial charge in [-0.2, -0.15) is 0 Å². The minimum atomic E-state index is 0.368. The van der Waals surface area contributed by atoms with Crippen LogP contribution in [-0.4, -0.2) is 35.6 Å². The predicted octanol–water partition coefficient (Wildman–Crippen LogP) is 2.03. The van der Waals surface area contributed by atoms with Crippen LogP contribution in [0.15, 0.2) is 0 Å². The van der Waals surface area contributed by atoms with E-state index < -0.39 is 0 Å². The predicted molar refractivity (Wildman–Crippen MR) is 60.6 cm³/mol. The van der Waals surface area contributed by atoms with E-state index in [-0.39, 0.29) is 0 Å². The summed E-state index contributed by atoms with van der Waals surface area (Å²) in [6.45, 7) is 4.52. The van der Waals surface area contributed by atoms with E-state index in [2.05, 4.69) is 31.1 Å².